The van der Waals surface area contributed by atoms with Crippen molar-refractivity contribution in [3.8, 4) is 0 Å². The molecule has 2 aromatic rings. The Hall–Kier alpha value is -2.70. The van der Waals surface area contributed by atoms with Crippen molar-refractivity contribution in [2.45, 2.75) is 52.1 Å². The third-order valence-corrected chi connectivity index (χ3v) is 5.83. The Morgan fingerprint density at radius 2 is 1.97 bits per heavy atom. The first kappa shape index (κ1) is 19.6. The van der Waals surface area contributed by atoms with E-state index in [1.807, 2.05) is 9.47 Å². The fraction of sp³-hybridized carbons (Fsp3) is 0.500. The maximum atomic E-state index is 13.1. The van der Waals surface area contributed by atoms with Gasteiger partial charge >= 0.3 is 0 Å². The topological polar surface area (TPSA) is 67.2 Å². The van der Waals surface area contributed by atoms with Crippen LogP contribution in [-0.4, -0.2) is 39.4 Å². The normalized spacial score (nSPS) is 19.0. The zero-order chi connectivity index (χ0) is 20.4. The van der Waals surface area contributed by atoms with Crippen LogP contribution in [0, 0.1) is 11.7 Å². The van der Waals surface area contributed by atoms with Gasteiger partial charge in [-0.1, -0.05) is 19.1 Å². The zero-order valence-corrected chi connectivity index (χ0v) is 16.8. The Bertz CT molecular complexity index is 906. The summed E-state index contributed by atoms with van der Waals surface area (Å²) in [5.74, 6) is 0.212. The number of halogens is 1. The fourth-order valence-corrected chi connectivity index (χ4v) is 4.27. The Balaban J connectivity index is 1.54. The third-order valence-electron chi connectivity index (χ3n) is 5.83. The number of carbonyl (C=O) groups excluding carboxylic acids is 2. The van der Waals surface area contributed by atoms with Crippen LogP contribution in [0.25, 0.3) is 0 Å². The van der Waals surface area contributed by atoms with Gasteiger partial charge in [-0.25, -0.2) is 9.37 Å². The second-order valence-electron chi connectivity index (χ2n) is 8.15. The van der Waals surface area contributed by atoms with Gasteiger partial charge in [0, 0.05) is 26.2 Å². The van der Waals surface area contributed by atoms with E-state index in [-0.39, 0.29) is 17.6 Å². The van der Waals surface area contributed by atoms with Gasteiger partial charge in [0.15, 0.2) is 5.82 Å². The number of fused-ring (bicyclic) bond motifs is 1. The molecule has 1 aromatic heterocycles. The maximum absolute atomic E-state index is 13.1. The number of amides is 2. The van der Waals surface area contributed by atoms with Gasteiger partial charge in [0.25, 0.3) is 11.8 Å². The van der Waals surface area contributed by atoms with E-state index in [4.69, 9.17) is 0 Å². The predicted molar refractivity (Wildman–Crippen MR) is 107 cm³/mol. The van der Waals surface area contributed by atoms with E-state index in [9.17, 15) is 14.0 Å². The molecule has 1 aromatic carbocycles. The summed E-state index contributed by atoms with van der Waals surface area (Å²) in [7, 11) is 0. The quantitative estimate of drug-likeness (QED) is 0.860. The second-order valence-corrected chi connectivity index (χ2v) is 8.15. The van der Waals surface area contributed by atoms with Crippen LogP contribution < -0.4 is 5.32 Å². The molecule has 2 amide bonds. The minimum absolute atomic E-state index is 0.0720. The number of imidazole rings is 1. The SMILES string of the molecule is CC1CCCN(C(=O)c2nc(C(=O)NCc3ccc(F)cc3)c3n2CCCC3)C1. The van der Waals surface area contributed by atoms with Crippen molar-refractivity contribution >= 4 is 11.8 Å². The number of nitrogens with one attached hydrogen (secondary N) is 1. The summed E-state index contributed by atoms with van der Waals surface area (Å²) in [5, 5.41) is 2.86. The van der Waals surface area contributed by atoms with Gasteiger partial charge in [-0.15, -0.1) is 0 Å². The largest absolute Gasteiger partial charge is 0.347 e. The molecule has 6 nitrogen and oxygen atoms in total. The summed E-state index contributed by atoms with van der Waals surface area (Å²) in [6.45, 7) is 4.66. The van der Waals surface area contributed by atoms with E-state index < -0.39 is 0 Å². The van der Waals surface area contributed by atoms with Crippen molar-refractivity contribution in [3.05, 3.63) is 52.9 Å². The predicted octanol–water partition coefficient (Wildman–Crippen LogP) is 3.16. The average molecular weight is 398 g/mol. The van der Waals surface area contributed by atoms with Crippen molar-refractivity contribution in [1.29, 1.82) is 0 Å². The lowest BCUT2D eigenvalue weighted by Gasteiger charge is -2.31. The van der Waals surface area contributed by atoms with Gasteiger partial charge in [0.1, 0.15) is 11.5 Å². The van der Waals surface area contributed by atoms with Crippen LogP contribution in [0.2, 0.25) is 0 Å². The number of likely N-dealkylation sites (tertiary alicyclic amines) is 1. The van der Waals surface area contributed by atoms with Gasteiger partial charge in [-0.3, -0.25) is 9.59 Å². The number of rotatable bonds is 4. The zero-order valence-electron chi connectivity index (χ0n) is 16.8. The first-order valence-corrected chi connectivity index (χ1v) is 10.4. The molecular weight excluding hydrogens is 371 g/mol. The summed E-state index contributed by atoms with van der Waals surface area (Å²) >= 11 is 0. The number of aromatic nitrogens is 2. The highest BCUT2D eigenvalue weighted by molar-refractivity contribution is 5.97. The van der Waals surface area contributed by atoms with E-state index in [1.54, 1.807) is 12.1 Å². The van der Waals surface area contributed by atoms with Crippen molar-refractivity contribution in [3.63, 3.8) is 0 Å². The third kappa shape index (κ3) is 4.18. The molecular formula is C22H27FN4O2. The molecule has 2 aliphatic rings. The van der Waals surface area contributed by atoms with Crippen molar-refractivity contribution in [1.82, 2.24) is 19.8 Å². The Labute approximate surface area is 170 Å². The summed E-state index contributed by atoms with van der Waals surface area (Å²) in [4.78, 5) is 32.4. The molecule has 154 valence electrons. The maximum Gasteiger partial charge on any atom is 0.289 e. The van der Waals surface area contributed by atoms with Gasteiger partial charge in [0.2, 0.25) is 0 Å². The lowest BCUT2D eigenvalue weighted by Crippen LogP contribution is -2.40. The standard InChI is InChI=1S/C22H27FN4O2/c1-15-5-4-11-26(14-15)22(29)20-25-19(18-6-2-3-12-27(18)20)21(28)24-13-16-7-9-17(23)10-8-16/h7-10,15H,2-6,11-14H2,1H3,(H,24,28). The monoisotopic (exact) mass is 398 g/mol. The molecule has 1 N–H and O–H groups in total. The van der Waals surface area contributed by atoms with Crippen LogP contribution in [-0.2, 0) is 19.5 Å². The number of hydrogen-bond donors (Lipinski definition) is 1. The highest BCUT2D eigenvalue weighted by Gasteiger charge is 2.31. The van der Waals surface area contributed by atoms with Crippen molar-refractivity contribution in [2.24, 2.45) is 5.92 Å². The van der Waals surface area contributed by atoms with Crippen molar-refractivity contribution < 1.29 is 14.0 Å². The van der Waals surface area contributed by atoms with E-state index >= 15 is 0 Å². The second kappa shape index (κ2) is 8.35. The summed E-state index contributed by atoms with van der Waals surface area (Å²) in [5.41, 5.74) is 2.01. The average Bonchev–Trinajstić information content (AvgIpc) is 3.12. The van der Waals surface area contributed by atoms with E-state index in [2.05, 4.69) is 17.2 Å². The van der Waals surface area contributed by atoms with Crippen LogP contribution in [0.3, 0.4) is 0 Å². The minimum Gasteiger partial charge on any atom is -0.347 e. The number of nitrogens with zero attached hydrogens (tertiary/aromatic N) is 3. The molecule has 1 unspecified atom stereocenters. The first-order valence-electron chi connectivity index (χ1n) is 10.4. The first-order chi connectivity index (χ1) is 14.0. The highest BCUT2D eigenvalue weighted by atomic mass is 19.1. The fourth-order valence-electron chi connectivity index (χ4n) is 4.27. The van der Waals surface area contributed by atoms with Crippen LogP contribution in [0.15, 0.2) is 24.3 Å². The molecule has 29 heavy (non-hydrogen) atoms. The Morgan fingerprint density at radius 1 is 1.17 bits per heavy atom. The number of benzene rings is 1. The highest BCUT2D eigenvalue weighted by Crippen LogP contribution is 2.24. The van der Waals surface area contributed by atoms with Crippen LogP contribution >= 0.6 is 0 Å². The smallest absolute Gasteiger partial charge is 0.289 e. The lowest BCUT2D eigenvalue weighted by atomic mass is 10.0. The molecule has 0 aliphatic carbocycles. The summed E-state index contributed by atoms with van der Waals surface area (Å²) < 4.78 is 15.0. The minimum atomic E-state index is -0.307. The molecule has 0 spiro atoms. The van der Waals surface area contributed by atoms with E-state index in [0.717, 1.165) is 63.0 Å². The van der Waals surface area contributed by atoms with Crippen LogP contribution in [0.5, 0.6) is 0 Å². The number of piperidine rings is 1. The number of hydrogen-bond acceptors (Lipinski definition) is 3. The van der Waals surface area contributed by atoms with Gasteiger partial charge in [-0.05, 0) is 55.7 Å². The summed E-state index contributed by atoms with van der Waals surface area (Å²) in [6.07, 6.45) is 4.86. The molecule has 4 rings (SSSR count). The van der Waals surface area contributed by atoms with Crippen LogP contribution in [0.1, 0.15) is 65.0 Å². The van der Waals surface area contributed by atoms with Gasteiger partial charge in [0.05, 0.1) is 5.69 Å². The van der Waals surface area contributed by atoms with E-state index in [0.29, 0.717) is 24.0 Å². The number of carbonyl (C=O) groups is 2. The molecule has 7 heteroatoms. The molecule has 0 radical (unpaired) electrons. The summed E-state index contributed by atoms with van der Waals surface area (Å²) in [6, 6.07) is 6.03. The molecule has 0 saturated carbocycles. The lowest BCUT2D eigenvalue weighted by molar-refractivity contribution is 0.0664. The molecule has 1 fully saturated rings. The molecule has 3 heterocycles. The van der Waals surface area contributed by atoms with Gasteiger partial charge in [-0.2, -0.15) is 0 Å². The molecule has 1 atom stereocenters. The molecule has 1 saturated heterocycles. The van der Waals surface area contributed by atoms with Crippen molar-refractivity contribution in [2.75, 3.05) is 13.1 Å². The van der Waals surface area contributed by atoms with E-state index in [1.165, 1.54) is 12.1 Å². The molecule has 0 bridgehead atoms. The Morgan fingerprint density at radius 3 is 2.72 bits per heavy atom. The molecule has 2 aliphatic heterocycles. The van der Waals surface area contributed by atoms with Crippen LogP contribution in [0.4, 0.5) is 4.39 Å². The van der Waals surface area contributed by atoms with Gasteiger partial charge < -0.3 is 14.8 Å². The Kier molecular flexibility index (Phi) is 5.65.